The highest BCUT2D eigenvalue weighted by atomic mass is 16.5. The normalized spacial score (nSPS) is 11.6. The summed E-state index contributed by atoms with van der Waals surface area (Å²) in [4.78, 5) is 26.5. The van der Waals surface area contributed by atoms with Crippen LogP contribution in [0.2, 0.25) is 0 Å². The van der Waals surface area contributed by atoms with Gasteiger partial charge in [0, 0.05) is 17.7 Å². The molecule has 1 aromatic carbocycles. The van der Waals surface area contributed by atoms with E-state index in [9.17, 15) is 9.59 Å². The van der Waals surface area contributed by atoms with Gasteiger partial charge in [0.15, 0.2) is 5.82 Å². The van der Waals surface area contributed by atoms with Crippen LogP contribution < -0.4 is 10.1 Å². The van der Waals surface area contributed by atoms with Crippen molar-refractivity contribution in [3.8, 4) is 5.75 Å². The summed E-state index contributed by atoms with van der Waals surface area (Å²) < 4.78 is 9.77. The molecule has 1 aromatic heterocycles. The number of benzene rings is 1. The van der Waals surface area contributed by atoms with Crippen molar-refractivity contribution in [2.75, 3.05) is 19.0 Å². The smallest absolute Gasteiger partial charge is 0.254 e. The Bertz CT molecular complexity index is 668. The van der Waals surface area contributed by atoms with E-state index >= 15 is 0 Å². The average Bonchev–Trinajstić information content (AvgIpc) is 3.11. The first-order valence-electron chi connectivity index (χ1n) is 7.70. The van der Waals surface area contributed by atoms with Crippen molar-refractivity contribution in [1.82, 2.24) is 10.1 Å². The lowest BCUT2D eigenvalue weighted by molar-refractivity contribution is -0.117. The van der Waals surface area contributed by atoms with Gasteiger partial charge < -0.3 is 19.5 Å². The fourth-order valence-corrected chi connectivity index (χ4v) is 2.16. The summed E-state index contributed by atoms with van der Waals surface area (Å²) in [5.41, 5.74) is 0.505. The van der Waals surface area contributed by atoms with Gasteiger partial charge in [-0.3, -0.25) is 9.59 Å². The standard InChI is InChI=1S/C17H21N3O4/c1-4-12(2)20(11-16(21)18-15-9-10-24-19-15)17(22)13-5-7-14(23-3)8-6-13/h5-10,12H,4,11H2,1-3H3,(H,18,19,21)/t12-/m0/s1. The summed E-state index contributed by atoms with van der Waals surface area (Å²) in [5.74, 6) is 0.458. The van der Waals surface area contributed by atoms with Crippen LogP contribution in [0.15, 0.2) is 41.1 Å². The quantitative estimate of drug-likeness (QED) is 0.843. The first kappa shape index (κ1) is 17.5. The van der Waals surface area contributed by atoms with Gasteiger partial charge in [-0.05, 0) is 37.6 Å². The van der Waals surface area contributed by atoms with E-state index in [1.807, 2.05) is 13.8 Å². The van der Waals surface area contributed by atoms with E-state index in [4.69, 9.17) is 4.74 Å². The van der Waals surface area contributed by atoms with Crippen LogP contribution in [0.1, 0.15) is 30.6 Å². The third-order valence-corrected chi connectivity index (χ3v) is 3.74. The third kappa shape index (κ3) is 4.34. The third-order valence-electron chi connectivity index (χ3n) is 3.74. The van der Waals surface area contributed by atoms with Gasteiger partial charge in [-0.2, -0.15) is 0 Å². The molecule has 0 unspecified atom stereocenters. The summed E-state index contributed by atoms with van der Waals surface area (Å²) in [6, 6.07) is 8.27. The van der Waals surface area contributed by atoms with Crippen LogP contribution in [-0.4, -0.2) is 41.6 Å². The molecule has 128 valence electrons. The van der Waals surface area contributed by atoms with Crippen molar-refractivity contribution >= 4 is 17.6 Å². The lowest BCUT2D eigenvalue weighted by atomic mass is 10.1. The molecule has 0 saturated carbocycles. The number of anilines is 1. The van der Waals surface area contributed by atoms with Gasteiger partial charge in [-0.25, -0.2) is 0 Å². The molecule has 1 atom stereocenters. The molecule has 0 bridgehead atoms. The van der Waals surface area contributed by atoms with Gasteiger partial charge in [0.1, 0.15) is 18.6 Å². The fraction of sp³-hybridized carbons (Fsp3) is 0.353. The molecule has 1 N–H and O–H groups in total. The van der Waals surface area contributed by atoms with Crippen molar-refractivity contribution in [3.05, 3.63) is 42.2 Å². The molecule has 2 rings (SSSR count). The second-order valence-corrected chi connectivity index (χ2v) is 5.35. The second-order valence-electron chi connectivity index (χ2n) is 5.35. The molecule has 2 aromatic rings. The van der Waals surface area contributed by atoms with Crippen LogP contribution in [-0.2, 0) is 4.79 Å². The first-order chi connectivity index (χ1) is 11.5. The Morgan fingerprint density at radius 1 is 1.29 bits per heavy atom. The number of nitrogens with zero attached hydrogens (tertiary/aromatic N) is 2. The Hall–Kier alpha value is -2.83. The van der Waals surface area contributed by atoms with E-state index in [2.05, 4.69) is 15.0 Å². The number of carbonyl (C=O) groups is 2. The van der Waals surface area contributed by atoms with Gasteiger partial charge in [0.25, 0.3) is 5.91 Å². The van der Waals surface area contributed by atoms with E-state index < -0.39 is 0 Å². The number of hydrogen-bond acceptors (Lipinski definition) is 5. The van der Waals surface area contributed by atoms with Crippen LogP contribution in [0.5, 0.6) is 5.75 Å². The lowest BCUT2D eigenvalue weighted by Crippen LogP contribution is -2.43. The number of aromatic nitrogens is 1. The number of ether oxygens (including phenoxy) is 1. The summed E-state index contributed by atoms with van der Waals surface area (Å²) in [7, 11) is 1.57. The summed E-state index contributed by atoms with van der Waals surface area (Å²) in [6.45, 7) is 3.81. The first-order valence-corrected chi connectivity index (χ1v) is 7.70. The molecule has 1 heterocycles. The van der Waals surface area contributed by atoms with Crippen LogP contribution in [0.3, 0.4) is 0 Å². The van der Waals surface area contributed by atoms with Gasteiger partial charge in [-0.15, -0.1) is 0 Å². The number of amides is 2. The topological polar surface area (TPSA) is 84.7 Å². The van der Waals surface area contributed by atoms with Gasteiger partial charge in [0.2, 0.25) is 5.91 Å². The van der Waals surface area contributed by atoms with Crippen molar-refractivity contribution < 1.29 is 18.8 Å². The number of carbonyl (C=O) groups excluding carboxylic acids is 2. The molecule has 0 saturated heterocycles. The van der Waals surface area contributed by atoms with E-state index in [-0.39, 0.29) is 24.4 Å². The van der Waals surface area contributed by atoms with Crippen LogP contribution in [0.4, 0.5) is 5.82 Å². The molecule has 0 spiro atoms. The number of methoxy groups -OCH3 is 1. The fourth-order valence-electron chi connectivity index (χ4n) is 2.16. The minimum atomic E-state index is -0.328. The highest BCUT2D eigenvalue weighted by molar-refractivity contribution is 5.99. The number of rotatable bonds is 7. The highest BCUT2D eigenvalue weighted by Gasteiger charge is 2.23. The molecular formula is C17H21N3O4. The maximum atomic E-state index is 12.8. The lowest BCUT2D eigenvalue weighted by Gasteiger charge is -2.28. The molecule has 24 heavy (non-hydrogen) atoms. The molecule has 0 aliphatic rings. The largest absolute Gasteiger partial charge is 0.497 e. The zero-order chi connectivity index (χ0) is 17.5. The number of hydrogen-bond donors (Lipinski definition) is 1. The SMILES string of the molecule is CC[C@H](C)N(CC(=O)Nc1ccon1)C(=O)c1ccc(OC)cc1. The molecule has 7 heteroatoms. The molecule has 0 radical (unpaired) electrons. The Morgan fingerprint density at radius 2 is 2.00 bits per heavy atom. The predicted molar refractivity (Wildman–Crippen MR) is 88.9 cm³/mol. The van der Waals surface area contributed by atoms with E-state index in [1.54, 1.807) is 31.4 Å². The van der Waals surface area contributed by atoms with Crippen molar-refractivity contribution in [1.29, 1.82) is 0 Å². The molecule has 2 amide bonds. The molecule has 0 aliphatic heterocycles. The Morgan fingerprint density at radius 3 is 2.54 bits per heavy atom. The molecule has 7 nitrogen and oxygen atoms in total. The Labute approximate surface area is 140 Å². The zero-order valence-electron chi connectivity index (χ0n) is 14.0. The highest BCUT2D eigenvalue weighted by Crippen LogP contribution is 2.15. The van der Waals surface area contributed by atoms with Crippen molar-refractivity contribution in [3.63, 3.8) is 0 Å². The zero-order valence-corrected chi connectivity index (χ0v) is 14.0. The van der Waals surface area contributed by atoms with Crippen LogP contribution in [0.25, 0.3) is 0 Å². The minimum Gasteiger partial charge on any atom is -0.497 e. The van der Waals surface area contributed by atoms with Gasteiger partial charge in [-0.1, -0.05) is 12.1 Å². The maximum absolute atomic E-state index is 12.8. The van der Waals surface area contributed by atoms with Gasteiger partial charge >= 0.3 is 0 Å². The van der Waals surface area contributed by atoms with E-state index in [1.165, 1.54) is 17.2 Å². The minimum absolute atomic E-state index is 0.0628. The number of nitrogens with one attached hydrogen (secondary N) is 1. The van der Waals surface area contributed by atoms with Crippen LogP contribution >= 0.6 is 0 Å². The van der Waals surface area contributed by atoms with E-state index in [0.717, 1.165) is 6.42 Å². The van der Waals surface area contributed by atoms with Crippen LogP contribution in [0, 0.1) is 0 Å². The van der Waals surface area contributed by atoms with Gasteiger partial charge in [0.05, 0.1) is 7.11 Å². The summed E-state index contributed by atoms with van der Waals surface area (Å²) in [5, 5.41) is 6.22. The molecule has 0 fully saturated rings. The Kier molecular flexibility index (Phi) is 5.95. The van der Waals surface area contributed by atoms with Crippen molar-refractivity contribution in [2.45, 2.75) is 26.3 Å². The second kappa shape index (κ2) is 8.14. The predicted octanol–water partition coefficient (Wildman–Crippen LogP) is 2.56. The monoisotopic (exact) mass is 331 g/mol. The Balaban J connectivity index is 2.11. The summed E-state index contributed by atoms with van der Waals surface area (Å²) >= 11 is 0. The summed E-state index contributed by atoms with van der Waals surface area (Å²) in [6.07, 6.45) is 2.10. The van der Waals surface area contributed by atoms with Crippen molar-refractivity contribution in [2.24, 2.45) is 0 Å². The average molecular weight is 331 g/mol. The maximum Gasteiger partial charge on any atom is 0.254 e. The molecular weight excluding hydrogens is 310 g/mol. The molecule has 0 aliphatic carbocycles. The van der Waals surface area contributed by atoms with E-state index in [0.29, 0.717) is 17.1 Å².